The monoisotopic (exact) mass is 628 g/mol. The molecule has 8 nitrogen and oxygen atoms in total. The van der Waals surface area contributed by atoms with Crippen LogP contribution in [0, 0.1) is 11.2 Å². The highest BCUT2D eigenvalue weighted by Gasteiger charge is 2.46. The fourth-order valence-electron chi connectivity index (χ4n) is 6.96. The van der Waals surface area contributed by atoms with Gasteiger partial charge in [-0.3, -0.25) is 9.59 Å². The van der Waals surface area contributed by atoms with Gasteiger partial charge in [-0.25, -0.2) is 9.37 Å². The van der Waals surface area contributed by atoms with Crippen molar-refractivity contribution >= 4 is 17.5 Å². The van der Waals surface area contributed by atoms with E-state index < -0.39 is 23.9 Å². The number of nitrogens with zero attached hydrogens (tertiary/aromatic N) is 2. The Morgan fingerprint density at radius 1 is 1.13 bits per heavy atom. The van der Waals surface area contributed by atoms with Gasteiger partial charge in [-0.05, 0) is 73.3 Å². The molecule has 0 radical (unpaired) electrons. The number of fused-ring (bicyclic) bond motifs is 1. The molecule has 1 aromatic heterocycles. The Labute approximate surface area is 270 Å². The number of aliphatic hydroxyl groups is 1. The van der Waals surface area contributed by atoms with Gasteiger partial charge in [-0.15, -0.1) is 0 Å². The van der Waals surface area contributed by atoms with Crippen molar-refractivity contribution in [3.8, 4) is 5.88 Å². The van der Waals surface area contributed by atoms with Gasteiger partial charge in [-0.2, -0.15) is 0 Å². The first kappa shape index (κ1) is 32.1. The second-order valence-corrected chi connectivity index (χ2v) is 14.4. The Bertz CT molecular complexity index is 1570. The van der Waals surface area contributed by atoms with E-state index in [1.807, 2.05) is 36.5 Å². The molecule has 1 spiro atoms. The number of amides is 2. The molecule has 0 unspecified atom stereocenters. The summed E-state index contributed by atoms with van der Waals surface area (Å²) in [5, 5.41) is 18.1. The van der Waals surface area contributed by atoms with E-state index >= 15 is 4.39 Å². The fourth-order valence-corrected chi connectivity index (χ4v) is 6.96. The number of rotatable bonds is 10. The number of anilines is 1. The Kier molecular flexibility index (Phi) is 9.17. The molecule has 3 heterocycles. The molecule has 2 amide bonds. The van der Waals surface area contributed by atoms with Gasteiger partial charge in [0, 0.05) is 43.7 Å². The summed E-state index contributed by atoms with van der Waals surface area (Å²) in [6.45, 7) is 7.23. The number of halogens is 1. The molecule has 9 heteroatoms. The van der Waals surface area contributed by atoms with Crippen molar-refractivity contribution in [3.05, 3.63) is 88.9 Å². The zero-order valence-corrected chi connectivity index (χ0v) is 27.0. The van der Waals surface area contributed by atoms with Crippen molar-refractivity contribution in [1.29, 1.82) is 0 Å². The highest BCUT2D eigenvalue weighted by molar-refractivity contribution is 5.99. The highest BCUT2D eigenvalue weighted by Crippen LogP contribution is 2.48. The third-order valence-corrected chi connectivity index (χ3v) is 9.44. The zero-order chi connectivity index (χ0) is 32.5. The summed E-state index contributed by atoms with van der Waals surface area (Å²) in [7, 11) is 0. The van der Waals surface area contributed by atoms with Gasteiger partial charge in [-0.1, -0.05) is 57.2 Å². The van der Waals surface area contributed by atoms with Crippen molar-refractivity contribution in [2.24, 2.45) is 5.41 Å². The molecule has 244 valence electrons. The predicted octanol–water partition coefficient (Wildman–Crippen LogP) is 5.67. The maximum absolute atomic E-state index is 15.7. The second-order valence-electron chi connectivity index (χ2n) is 14.4. The molecule has 3 N–H and O–H groups in total. The summed E-state index contributed by atoms with van der Waals surface area (Å²) in [6, 6.07) is 15.5. The number of benzene rings is 2. The van der Waals surface area contributed by atoms with E-state index in [0.717, 1.165) is 48.8 Å². The molecular formula is C37H45FN4O4. The minimum absolute atomic E-state index is 0.0775. The van der Waals surface area contributed by atoms with Crippen molar-refractivity contribution in [1.82, 2.24) is 15.6 Å². The number of aliphatic hydroxyl groups excluding tert-OH is 1. The van der Waals surface area contributed by atoms with Crippen molar-refractivity contribution in [2.75, 3.05) is 18.0 Å². The summed E-state index contributed by atoms with van der Waals surface area (Å²) in [4.78, 5) is 32.0. The molecule has 0 bridgehead atoms. The lowest BCUT2D eigenvalue weighted by Gasteiger charge is -2.47. The molecule has 3 aromatic rings. The van der Waals surface area contributed by atoms with Gasteiger partial charge < -0.3 is 25.4 Å². The minimum atomic E-state index is -0.982. The Hall–Kier alpha value is -3.82. The molecule has 46 heavy (non-hydrogen) atoms. The lowest BCUT2D eigenvalue weighted by molar-refractivity contribution is -0.117. The summed E-state index contributed by atoms with van der Waals surface area (Å²) >= 11 is 0. The summed E-state index contributed by atoms with van der Waals surface area (Å²) in [6.07, 6.45) is 7.00. The number of aromatic nitrogens is 1. The van der Waals surface area contributed by atoms with E-state index in [1.54, 1.807) is 6.07 Å². The van der Waals surface area contributed by atoms with E-state index in [0.29, 0.717) is 31.7 Å². The van der Waals surface area contributed by atoms with Crippen LogP contribution < -0.4 is 20.3 Å². The first-order valence-corrected chi connectivity index (χ1v) is 16.5. The molecule has 2 aromatic carbocycles. The van der Waals surface area contributed by atoms with Gasteiger partial charge in [0.25, 0.3) is 5.91 Å². The van der Waals surface area contributed by atoms with Gasteiger partial charge >= 0.3 is 0 Å². The van der Waals surface area contributed by atoms with Crippen LogP contribution in [0.4, 0.5) is 10.1 Å². The zero-order valence-electron chi connectivity index (χ0n) is 27.0. The van der Waals surface area contributed by atoms with Gasteiger partial charge in [0.05, 0.1) is 23.4 Å². The average molecular weight is 629 g/mol. The second kappa shape index (κ2) is 13.1. The van der Waals surface area contributed by atoms with Gasteiger partial charge in [0.15, 0.2) is 5.82 Å². The van der Waals surface area contributed by atoms with E-state index in [1.165, 1.54) is 17.0 Å². The van der Waals surface area contributed by atoms with Crippen molar-refractivity contribution in [2.45, 2.75) is 95.9 Å². The molecular weight excluding hydrogens is 583 g/mol. The normalized spacial score (nSPS) is 20.1. The van der Waals surface area contributed by atoms with Crippen LogP contribution in [-0.2, 0) is 17.6 Å². The smallest absolute Gasteiger partial charge is 0.254 e. The molecule has 3 atom stereocenters. The van der Waals surface area contributed by atoms with Crippen LogP contribution in [0.5, 0.6) is 5.88 Å². The Morgan fingerprint density at radius 3 is 2.59 bits per heavy atom. The summed E-state index contributed by atoms with van der Waals surface area (Å²) in [5.41, 5.74) is 2.88. The minimum Gasteiger partial charge on any atom is -0.471 e. The molecule has 2 fully saturated rings. The van der Waals surface area contributed by atoms with Crippen LogP contribution in [0.1, 0.15) is 92.4 Å². The predicted molar refractivity (Wildman–Crippen MR) is 175 cm³/mol. The van der Waals surface area contributed by atoms with Crippen LogP contribution in [0.15, 0.2) is 60.8 Å². The largest absolute Gasteiger partial charge is 0.471 e. The van der Waals surface area contributed by atoms with E-state index in [2.05, 4.69) is 37.5 Å². The van der Waals surface area contributed by atoms with Crippen LogP contribution in [0.25, 0.3) is 0 Å². The lowest BCUT2D eigenvalue weighted by Crippen LogP contribution is -2.52. The summed E-state index contributed by atoms with van der Waals surface area (Å²) in [5.74, 6) is -0.869. The fraction of sp³-hybridized carbons (Fsp3) is 0.486. The number of hydrogen-bond acceptors (Lipinski definition) is 6. The number of ether oxygens (including phenoxy) is 1. The Balaban J connectivity index is 1.21. The first-order chi connectivity index (χ1) is 22.0. The number of pyridine rings is 1. The molecule has 1 saturated carbocycles. The van der Waals surface area contributed by atoms with Crippen LogP contribution in [-0.4, -0.2) is 52.7 Å². The highest BCUT2D eigenvalue weighted by atomic mass is 19.1. The summed E-state index contributed by atoms with van der Waals surface area (Å²) < 4.78 is 22.1. The number of carbonyl (C=O) groups excluding carboxylic acids is 2. The maximum atomic E-state index is 15.7. The third-order valence-electron chi connectivity index (χ3n) is 9.44. The average Bonchev–Trinajstić information content (AvgIpc) is 3.43. The first-order valence-electron chi connectivity index (χ1n) is 16.5. The van der Waals surface area contributed by atoms with Crippen LogP contribution in [0.3, 0.4) is 0 Å². The number of nitrogens with one attached hydrogen (secondary N) is 2. The van der Waals surface area contributed by atoms with Gasteiger partial charge in [0.2, 0.25) is 11.8 Å². The SMILES string of the molecule is CC(C)(C)Cc1cnc2c(c1)[C@@H](NC[C@H](O)[C@H](Cc1ccccc1)NC(=O)c1cccc(N3CCCC3=O)c1F)CC1(CCC1)O2. The third kappa shape index (κ3) is 7.10. The van der Waals surface area contributed by atoms with E-state index in [4.69, 9.17) is 9.72 Å². The molecule has 6 rings (SSSR count). The standard InChI is InChI=1S/C37H45FN4O4/c1-36(2,3)20-25-18-27-29(21-37(15-9-16-37)46-35(27)40-22-25)39-23-31(43)28(19-24-10-5-4-6-11-24)41-34(45)26-12-7-13-30(33(26)38)42-17-8-14-32(42)44/h4-7,10-13,18,22,28-29,31,39,43H,8-9,14-17,19-21,23H2,1-3H3,(H,41,45)/t28-,29-,31-/m0/s1. The molecule has 1 saturated heterocycles. The lowest BCUT2D eigenvalue weighted by atomic mass is 9.73. The molecule has 2 aliphatic heterocycles. The van der Waals surface area contributed by atoms with Crippen LogP contribution in [0.2, 0.25) is 0 Å². The molecule has 3 aliphatic rings. The van der Waals surface area contributed by atoms with E-state index in [-0.39, 0.29) is 40.8 Å². The molecule has 1 aliphatic carbocycles. The van der Waals surface area contributed by atoms with Crippen molar-refractivity contribution < 1.29 is 23.8 Å². The Morgan fingerprint density at radius 2 is 1.91 bits per heavy atom. The topological polar surface area (TPSA) is 104 Å². The number of carbonyl (C=O) groups is 2. The van der Waals surface area contributed by atoms with Crippen molar-refractivity contribution in [3.63, 3.8) is 0 Å². The quantitative estimate of drug-likeness (QED) is 0.267. The maximum Gasteiger partial charge on any atom is 0.254 e. The number of hydrogen-bond donors (Lipinski definition) is 3. The van der Waals surface area contributed by atoms with E-state index in [9.17, 15) is 14.7 Å². The van der Waals surface area contributed by atoms with Crippen LogP contribution >= 0.6 is 0 Å². The van der Waals surface area contributed by atoms with Gasteiger partial charge in [0.1, 0.15) is 5.60 Å².